The van der Waals surface area contributed by atoms with E-state index in [1.54, 1.807) is 13.0 Å². The van der Waals surface area contributed by atoms with Crippen molar-refractivity contribution in [2.45, 2.75) is 40.2 Å². The van der Waals surface area contributed by atoms with Gasteiger partial charge >= 0.3 is 0 Å². The maximum atomic E-state index is 11.5. The second-order valence-electron chi connectivity index (χ2n) is 4.38. The van der Waals surface area contributed by atoms with Gasteiger partial charge in [-0.1, -0.05) is 20.3 Å². The Kier molecular flexibility index (Phi) is 5.88. The molecule has 1 amide bonds. The van der Waals surface area contributed by atoms with E-state index in [4.69, 9.17) is 10.3 Å². The summed E-state index contributed by atoms with van der Waals surface area (Å²) in [5.41, 5.74) is 2.64. The third-order valence-corrected chi connectivity index (χ3v) is 3.00. The average Bonchev–Trinajstić information content (AvgIpc) is 2.74. The number of amides is 1. The molecule has 18 heavy (non-hydrogen) atoms. The van der Waals surface area contributed by atoms with E-state index in [-0.39, 0.29) is 5.91 Å². The normalized spacial score (nSPS) is 10.9. The molecule has 1 rings (SSSR count). The van der Waals surface area contributed by atoms with Crippen molar-refractivity contribution < 1.29 is 9.21 Å². The predicted octanol–water partition coefficient (Wildman–Crippen LogP) is 1.81. The first-order valence-corrected chi connectivity index (χ1v) is 6.44. The number of nitrogens with zero attached hydrogens (tertiary/aromatic N) is 1. The summed E-state index contributed by atoms with van der Waals surface area (Å²) in [6.45, 7) is 8.82. The first kappa shape index (κ1) is 14.7. The van der Waals surface area contributed by atoms with Crippen molar-refractivity contribution in [2.75, 3.05) is 13.1 Å². The average molecular weight is 253 g/mol. The molecule has 0 fully saturated rings. The lowest BCUT2D eigenvalue weighted by atomic mass is 10.2. The van der Waals surface area contributed by atoms with E-state index in [2.05, 4.69) is 24.2 Å². The lowest BCUT2D eigenvalue weighted by Crippen LogP contribution is -2.30. The van der Waals surface area contributed by atoms with Crippen LogP contribution in [0.3, 0.4) is 0 Å². The number of hydrazine groups is 1. The molecule has 0 saturated carbocycles. The van der Waals surface area contributed by atoms with E-state index < -0.39 is 0 Å². The van der Waals surface area contributed by atoms with Crippen LogP contribution in [0.15, 0.2) is 10.5 Å². The van der Waals surface area contributed by atoms with E-state index in [0.29, 0.717) is 11.3 Å². The molecule has 0 unspecified atom stereocenters. The summed E-state index contributed by atoms with van der Waals surface area (Å²) in [6, 6.07) is 1.77. The lowest BCUT2D eigenvalue weighted by Gasteiger charge is -2.18. The zero-order valence-corrected chi connectivity index (χ0v) is 11.5. The number of carbonyl (C=O) groups is 1. The number of nitrogen functional groups attached to an aromatic ring is 1. The van der Waals surface area contributed by atoms with Gasteiger partial charge in [-0.15, -0.1) is 0 Å². The Balaban J connectivity index is 2.69. The molecule has 0 aromatic carbocycles. The number of nitrogens with two attached hydrogens (primary N) is 1. The van der Waals surface area contributed by atoms with Crippen molar-refractivity contribution in [3.63, 3.8) is 0 Å². The van der Waals surface area contributed by atoms with E-state index in [1.165, 1.54) is 12.8 Å². The molecule has 5 nitrogen and oxygen atoms in total. The highest BCUT2D eigenvalue weighted by Gasteiger charge is 2.15. The van der Waals surface area contributed by atoms with Crippen molar-refractivity contribution in [1.82, 2.24) is 10.3 Å². The van der Waals surface area contributed by atoms with Crippen LogP contribution in [-0.4, -0.2) is 23.9 Å². The fourth-order valence-electron chi connectivity index (χ4n) is 1.88. The molecule has 0 atom stereocenters. The number of hydrogen-bond acceptors (Lipinski definition) is 4. The molecular formula is C13H23N3O2. The van der Waals surface area contributed by atoms with Crippen LogP contribution in [0.2, 0.25) is 0 Å². The summed E-state index contributed by atoms with van der Waals surface area (Å²) < 4.78 is 5.59. The van der Waals surface area contributed by atoms with Crippen molar-refractivity contribution in [1.29, 1.82) is 0 Å². The Morgan fingerprint density at radius 2 is 2.22 bits per heavy atom. The third-order valence-electron chi connectivity index (χ3n) is 3.00. The molecule has 0 aliphatic carbocycles. The summed E-state index contributed by atoms with van der Waals surface area (Å²) in [7, 11) is 0. The van der Waals surface area contributed by atoms with Crippen molar-refractivity contribution in [3.8, 4) is 0 Å². The van der Waals surface area contributed by atoms with E-state index in [9.17, 15) is 4.79 Å². The molecule has 0 aliphatic heterocycles. The highest BCUT2D eigenvalue weighted by atomic mass is 16.3. The van der Waals surface area contributed by atoms with Crippen LogP contribution < -0.4 is 11.3 Å². The van der Waals surface area contributed by atoms with Gasteiger partial charge in [0.25, 0.3) is 5.91 Å². The number of carbonyl (C=O) groups excluding carboxylic acids is 1. The monoisotopic (exact) mass is 253 g/mol. The van der Waals surface area contributed by atoms with Crippen LogP contribution in [0, 0.1) is 6.92 Å². The minimum atomic E-state index is -0.306. The fraction of sp³-hybridized carbons (Fsp3) is 0.615. The third kappa shape index (κ3) is 3.85. The first-order valence-electron chi connectivity index (χ1n) is 6.44. The Hall–Kier alpha value is -1.33. The second kappa shape index (κ2) is 7.18. The number of furan rings is 1. The number of nitrogens with one attached hydrogen (secondary N) is 1. The van der Waals surface area contributed by atoms with Gasteiger partial charge in [0.1, 0.15) is 11.5 Å². The highest BCUT2D eigenvalue weighted by Crippen LogP contribution is 2.16. The summed E-state index contributed by atoms with van der Waals surface area (Å²) in [4.78, 5) is 13.8. The smallest absolute Gasteiger partial charge is 0.268 e. The van der Waals surface area contributed by atoms with Crippen LogP contribution in [0.25, 0.3) is 0 Å². The highest BCUT2D eigenvalue weighted by molar-refractivity contribution is 5.94. The molecule has 0 bridgehead atoms. The summed E-state index contributed by atoms with van der Waals surface area (Å²) >= 11 is 0. The number of unbranched alkanes of at least 4 members (excludes halogenated alkanes) is 1. The quantitative estimate of drug-likeness (QED) is 0.441. The fourth-order valence-corrected chi connectivity index (χ4v) is 1.88. The molecule has 1 aromatic heterocycles. The molecule has 0 aliphatic rings. The zero-order valence-electron chi connectivity index (χ0n) is 11.5. The summed E-state index contributed by atoms with van der Waals surface area (Å²) in [5, 5.41) is 0. The minimum Gasteiger partial charge on any atom is -0.464 e. The van der Waals surface area contributed by atoms with Crippen LogP contribution in [0.1, 0.15) is 48.6 Å². The molecule has 5 heteroatoms. The minimum absolute atomic E-state index is 0.306. The van der Waals surface area contributed by atoms with E-state index in [1.807, 2.05) is 0 Å². The standard InChI is InChI=1S/C13H23N3O2/c1-4-6-7-16(5-2)9-11-8-12(10(3)18-11)13(17)15-14/h8H,4-7,9,14H2,1-3H3,(H,15,17). The lowest BCUT2D eigenvalue weighted by molar-refractivity contribution is 0.0952. The Labute approximate surface area is 108 Å². The molecule has 0 radical (unpaired) electrons. The van der Waals surface area contributed by atoms with Crippen LogP contribution in [-0.2, 0) is 6.54 Å². The molecule has 0 saturated heterocycles. The number of hydrogen-bond donors (Lipinski definition) is 2. The SMILES string of the molecule is CCCCN(CC)Cc1cc(C(=O)NN)c(C)o1. The summed E-state index contributed by atoms with van der Waals surface area (Å²) in [5.74, 6) is 6.24. The molecule has 3 N–H and O–H groups in total. The van der Waals surface area contributed by atoms with Gasteiger partial charge in [-0.3, -0.25) is 15.1 Å². The van der Waals surface area contributed by atoms with Gasteiger partial charge in [-0.2, -0.15) is 0 Å². The van der Waals surface area contributed by atoms with Gasteiger partial charge in [0.2, 0.25) is 0 Å². The second-order valence-corrected chi connectivity index (χ2v) is 4.38. The number of aryl methyl sites for hydroxylation is 1. The van der Waals surface area contributed by atoms with Crippen LogP contribution >= 0.6 is 0 Å². The maximum Gasteiger partial charge on any atom is 0.268 e. The van der Waals surface area contributed by atoms with Crippen molar-refractivity contribution in [2.24, 2.45) is 5.84 Å². The van der Waals surface area contributed by atoms with Gasteiger partial charge in [0.05, 0.1) is 12.1 Å². The van der Waals surface area contributed by atoms with Gasteiger partial charge in [0, 0.05) is 0 Å². The first-order chi connectivity index (χ1) is 8.62. The van der Waals surface area contributed by atoms with Gasteiger partial charge in [-0.25, -0.2) is 5.84 Å². The number of rotatable bonds is 7. The maximum absolute atomic E-state index is 11.5. The topological polar surface area (TPSA) is 71.5 Å². The van der Waals surface area contributed by atoms with Crippen molar-refractivity contribution >= 4 is 5.91 Å². The molecule has 1 heterocycles. The molecular weight excluding hydrogens is 230 g/mol. The van der Waals surface area contributed by atoms with E-state index >= 15 is 0 Å². The largest absolute Gasteiger partial charge is 0.464 e. The Morgan fingerprint density at radius 3 is 2.78 bits per heavy atom. The van der Waals surface area contributed by atoms with Gasteiger partial charge < -0.3 is 4.42 Å². The summed E-state index contributed by atoms with van der Waals surface area (Å²) in [6.07, 6.45) is 2.35. The predicted molar refractivity (Wildman–Crippen MR) is 71.0 cm³/mol. The van der Waals surface area contributed by atoms with E-state index in [0.717, 1.165) is 25.4 Å². The zero-order chi connectivity index (χ0) is 13.5. The van der Waals surface area contributed by atoms with Crippen LogP contribution in [0.4, 0.5) is 0 Å². The Morgan fingerprint density at radius 1 is 1.50 bits per heavy atom. The van der Waals surface area contributed by atoms with Gasteiger partial charge in [-0.05, 0) is 32.5 Å². The van der Waals surface area contributed by atoms with Gasteiger partial charge in [0.15, 0.2) is 0 Å². The molecule has 102 valence electrons. The molecule has 1 aromatic rings. The van der Waals surface area contributed by atoms with Crippen LogP contribution in [0.5, 0.6) is 0 Å². The van der Waals surface area contributed by atoms with Crippen molar-refractivity contribution in [3.05, 3.63) is 23.2 Å². The Bertz CT molecular complexity index is 388. The molecule has 0 spiro atoms.